The van der Waals surface area contributed by atoms with Crippen molar-refractivity contribution in [2.75, 3.05) is 0 Å². The maximum absolute atomic E-state index is 10.1. The van der Waals surface area contributed by atoms with Crippen molar-refractivity contribution in [1.29, 1.82) is 0 Å². The van der Waals surface area contributed by atoms with Crippen LogP contribution in [0.1, 0.15) is 0 Å². The fourth-order valence-electron chi connectivity index (χ4n) is 3.50. The average molecular weight is 468 g/mol. The number of rotatable bonds is 2. The molecule has 0 unspecified atom stereocenters. The average Bonchev–Trinajstić information content (AvgIpc) is 2.81. The predicted octanol–water partition coefficient (Wildman–Crippen LogP) is 8.17. The summed E-state index contributed by atoms with van der Waals surface area (Å²) >= 11 is 0. The van der Waals surface area contributed by atoms with E-state index in [1.54, 1.807) is 12.1 Å². The van der Waals surface area contributed by atoms with E-state index in [-0.39, 0.29) is 36.6 Å². The van der Waals surface area contributed by atoms with E-state index in [9.17, 15) is 10.2 Å². The largest absolute Gasteiger partial charge is 2.00 e. The van der Waals surface area contributed by atoms with Gasteiger partial charge in [0.2, 0.25) is 0 Å². The van der Waals surface area contributed by atoms with Crippen LogP contribution in [-0.2, 0) is 21.7 Å². The van der Waals surface area contributed by atoms with Crippen molar-refractivity contribution in [2.24, 2.45) is 0 Å². The van der Waals surface area contributed by atoms with Crippen molar-refractivity contribution >= 4 is 10.8 Å². The molecule has 0 aliphatic carbocycles. The molecular formula is C30H28O2Ti. The molecule has 0 heterocycles. The molecule has 5 aromatic carbocycles. The van der Waals surface area contributed by atoms with Crippen LogP contribution in [0, 0.1) is 14.9 Å². The zero-order valence-corrected chi connectivity index (χ0v) is 20.5. The zero-order valence-electron chi connectivity index (χ0n) is 18.9. The van der Waals surface area contributed by atoms with Crippen LogP contribution >= 0.6 is 0 Å². The Morgan fingerprint density at radius 2 is 0.939 bits per heavy atom. The molecule has 3 heteroatoms. The van der Waals surface area contributed by atoms with Gasteiger partial charge >= 0.3 is 21.7 Å². The molecule has 0 saturated carbocycles. The van der Waals surface area contributed by atoms with Gasteiger partial charge in [-0.2, -0.15) is 0 Å². The van der Waals surface area contributed by atoms with Crippen LogP contribution in [0.5, 0.6) is 11.5 Å². The SMILES string of the molecule is Oc1ccc2ccccc2c1-c1ccccc1.Oc1ccccc1-c1ccccc1.[CH3-].[CH3-].[Ti+2]. The van der Waals surface area contributed by atoms with Gasteiger partial charge in [0, 0.05) is 11.1 Å². The standard InChI is InChI=1S/C16H12O.C12H10O.2CH3.Ti/c17-15-11-10-12-6-4-5-9-14(12)16(15)13-7-2-1-3-8-13;13-12-9-5-4-8-11(12)10-6-2-1-3-7-10;;;/h1-11,17H;1-9,13H;2*1H3;/q;;2*-1;+2. The van der Waals surface area contributed by atoms with Gasteiger partial charge in [0.05, 0.1) is 0 Å². The normalized spacial score (nSPS) is 9.33. The smallest absolute Gasteiger partial charge is 0.507 e. The summed E-state index contributed by atoms with van der Waals surface area (Å²) in [5, 5.41) is 21.9. The molecule has 0 spiro atoms. The summed E-state index contributed by atoms with van der Waals surface area (Å²) < 4.78 is 0. The number of benzene rings is 5. The minimum Gasteiger partial charge on any atom is -0.507 e. The third-order valence-corrected chi connectivity index (χ3v) is 4.96. The Morgan fingerprint density at radius 3 is 1.58 bits per heavy atom. The molecule has 0 atom stereocenters. The summed E-state index contributed by atoms with van der Waals surface area (Å²) in [6, 6.07) is 39.0. The van der Waals surface area contributed by atoms with Gasteiger partial charge in [0.1, 0.15) is 11.5 Å². The molecule has 0 saturated heterocycles. The first kappa shape index (κ1) is 27.7. The van der Waals surface area contributed by atoms with Gasteiger partial charge in [0.15, 0.2) is 0 Å². The van der Waals surface area contributed by atoms with Crippen LogP contribution in [0.15, 0.2) is 121 Å². The summed E-state index contributed by atoms with van der Waals surface area (Å²) in [5.74, 6) is 0.656. The summed E-state index contributed by atoms with van der Waals surface area (Å²) in [5.41, 5.74) is 3.87. The topological polar surface area (TPSA) is 40.5 Å². The second kappa shape index (κ2) is 13.3. The predicted molar refractivity (Wildman–Crippen MR) is 137 cm³/mol. The first-order valence-electron chi connectivity index (χ1n) is 9.83. The fraction of sp³-hybridized carbons (Fsp3) is 0. The molecule has 2 N–H and O–H groups in total. The molecule has 0 radical (unpaired) electrons. The van der Waals surface area contributed by atoms with Crippen LogP contribution < -0.4 is 0 Å². The molecule has 5 aromatic rings. The molecule has 164 valence electrons. The van der Waals surface area contributed by atoms with E-state index in [0.29, 0.717) is 11.5 Å². The minimum absolute atomic E-state index is 0. The molecule has 0 aliphatic heterocycles. The van der Waals surface area contributed by atoms with Crippen molar-refractivity contribution < 1.29 is 31.9 Å². The van der Waals surface area contributed by atoms with Gasteiger partial charge in [-0.1, -0.05) is 109 Å². The van der Waals surface area contributed by atoms with Gasteiger partial charge in [-0.3, -0.25) is 0 Å². The van der Waals surface area contributed by atoms with Crippen molar-refractivity contribution in [2.45, 2.75) is 0 Å². The second-order valence-corrected chi connectivity index (χ2v) is 6.93. The number of phenolic OH excluding ortho intramolecular Hbond substituents is 2. The minimum atomic E-state index is 0. The summed E-state index contributed by atoms with van der Waals surface area (Å²) in [7, 11) is 0. The Hall–Kier alpha value is -3.33. The molecule has 0 aromatic heterocycles. The first-order valence-corrected chi connectivity index (χ1v) is 9.83. The summed E-state index contributed by atoms with van der Waals surface area (Å²) in [6.45, 7) is 0. The van der Waals surface area contributed by atoms with Gasteiger partial charge < -0.3 is 25.1 Å². The number of hydrogen-bond acceptors (Lipinski definition) is 2. The third kappa shape index (κ3) is 6.58. The second-order valence-electron chi connectivity index (χ2n) is 6.93. The van der Waals surface area contributed by atoms with Gasteiger partial charge in [-0.15, -0.1) is 0 Å². The van der Waals surface area contributed by atoms with Crippen LogP contribution in [0.3, 0.4) is 0 Å². The van der Waals surface area contributed by atoms with E-state index in [1.165, 1.54) is 0 Å². The quantitative estimate of drug-likeness (QED) is 0.203. The van der Waals surface area contributed by atoms with E-state index in [2.05, 4.69) is 6.07 Å². The number of aromatic hydroxyl groups is 2. The van der Waals surface area contributed by atoms with Gasteiger partial charge in [0.25, 0.3) is 0 Å². The van der Waals surface area contributed by atoms with Crippen molar-refractivity contribution in [3.63, 3.8) is 0 Å². The van der Waals surface area contributed by atoms with E-state index < -0.39 is 0 Å². The third-order valence-electron chi connectivity index (χ3n) is 4.96. The molecule has 5 rings (SSSR count). The summed E-state index contributed by atoms with van der Waals surface area (Å²) in [6.07, 6.45) is 0. The van der Waals surface area contributed by atoms with Crippen molar-refractivity contribution in [3.8, 4) is 33.8 Å². The van der Waals surface area contributed by atoms with Crippen LogP contribution in [0.4, 0.5) is 0 Å². The van der Waals surface area contributed by atoms with E-state index in [4.69, 9.17) is 0 Å². The Kier molecular flexibility index (Phi) is 11.1. The van der Waals surface area contributed by atoms with Gasteiger partial charge in [-0.25, -0.2) is 0 Å². The molecule has 2 nitrogen and oxygen atoms in total. The van der Waals surface area contributed by atoms with E-state index in [0.717, 1.165) is 33.0 Å². The Labute approximate surface area is 212 Å². The maximum Gasteiger partial charge on any atom is 2.00 e. The molecule has 33 heavy (non-hydrogen) atoms. The van der Waals surface area contributed by atoms with Gasteiger partial charge in [-0.05, 0) is 34.0 Å². The Bertz CT molecular complexity index is 1250. The van der Waals surface area contributed by atoms with Crippen LogP contribution in [0.25, 0.3) is 33.0 Å². The van der Waals surface area contributed by atoms with Crippen molar-refractivity contribution in [3.05, 3.63) is 136 Å². The van der Waals surface area contributed by atoms with E-state index in [1.807, 2.05) is 103 Å². The summed E-state index contributed by atoms with van der Waals surface area (Å²) in [4.78, 5) is 0. The molecule has 0 amide bonds. The van der Waals surface area contributed by atoms with Crippen LogP contribution in [-0.4, -0.2) is 10.2 Å². The first-order chi connectivity index (χ1) is 14.7. The molecular weight excluding hydrogens is 440 g/mol. The van der Waals surface area contributed by atoms with Crippen molar-refractivity contribution in [1.82, 2.24) is 0 Å². The Balaban J connectivity index is 0.000000311. The number of hydrogen-bond donors (Lipinski definition) is 2. The number of para-hydroxylation sites is 1. The molecule has 0 fully saturated rings. The maximum atomic E-state index is 10.1. The Morgan fingerprint density at radius 1 is 0.424 bits per heavy atom. The zero-order chi connectivity index (χ0) is 20.8. The fourth-order valence-corrected chi connectivity index (χ4v) is 3.50. The van der Waals surface area contributed by atoms with Crippen LogP contribution in [0.2, 0.25) is 0 Å². The van der Waals surface area contributed by atoms with E-state index >= 15 is 0 Å². The number of phenols is 2. The number of fused-ring (bicyclic) bond motifs is 1. The monoisotopic (exact) mass is 468 g/mol. The molecule has 0 aliphatic rings. The molecule has 0 bridgehead atoms.